The van der Waals surface area contributed by atoms with Gasteiger partial charge in [-0.15, -0.1) is 0 Å². The molecule has 2 aliphatic carbocycles. The molecule has 0 spiro atoms. The Morgan fingerprint density at radius 2 is 1.14 bits per heavy atom. The third-order valence-electron chi connectivity index (χ3n) is 11.6. The fourth-order valence-corrected chi connectivity index (χ4v) is 29.6. The fraction of sp³-hybridized carbons (Fsp3) is 0.404. The van der Waals surface area contributed by atoms with Gasteiger partial charge < -0.3 is 24.8 Å². The molecular formula is C47H58Cl2SiZr. The van der Waals surface area contributed by atoms with E-state index in [9.17, 15) is 0 Å². The third kappa shape index (κ3) is 7.56. The van der Waals surface area contributed by atoms with Crippen LogP contribution in [0.25, 0.3) is 34.4 Å². The van der Waals surface area contributed by atoms with Gasteiger partial charge in [-0.05, 0) is 0 Å². The summed E-state index contributed by atoms with van der Waals surface area (Å²) in [5.41, 5.74) is 22.3. The fourth-order valence-electron chi connectivity index (χ4n) is 8.60. The van der Waals surface area contributed by atoms with Gasteiger partial charge in [0, 0.05) is 0 Å². The van der Waals surface area contributed by atoms with Crippen molar-refractivity contribution >= 4 is 17.6 Å². The summed E-state index contributed by atoms with van der Waals surface area (Å²) in [6, 6.07) is 26.2. The second kappa shape index (κ2) is 15.4. The van der Waals surface area contributed by atoms with Crippen LogP contribution in [0.2, 0.25) is 13.1 Å². The van der Waals surface area contributed by atoms with Crippen LogP contribution in [0.3, 0.4) is 0 Å². The van der Waals surface area contributed by atoms with Crippen LogP contribution < -0.4 is 24.8 Å². The molecule has 0 heterocycles. The summed E-state index contributed by atoms with van der Waals surface area (Å²) in [5.74, 6) is 0.536. The summed E-state index contributed by atoms with van der Waals surface area (Å²) in [5, 5.41) is 0. The summed E-state index contributed by atoms with van der Waals surface area (Å²) in [4.78, 5) is 0. The van der Waals surface area contributed by atoms with E-state index in [1.807, 2.05) is 0 Å². The minimum Gasteiger partial charge on any atom is -1.00 e. The summed E-state index contributed by atoms with van der Waals surface area (Å²) in [6.07, 6.45) is 5.27. The van der Waals surface area contributed by atoms with Gasteiger partial charge in [-0.1, -0.05) is 0 Å². The smallest absolute Gasteiger partial charge is 1.00 e. The van der Waals surface area contributed by atoms with Crippen molar-refractivity contribution in [1.29, 1.82) is 0 Å². The number of rotatable bonds is 5. The number of allylic oxidation sites excluding steroid dienone is 2. The van der Waals surface area contributed by atoms with Gasteiger partial charge in [0.25, 0.3) is 0 Å². The average molecular weight is 813 g/mol. The molecular weight excluding hydrogens is 755 g/mol. The van der Waals surface area contributed by atoms with Crippen molar-refractivity contribution in [2.24, 2.45) is 5.92 Å². The molecule has 0 N–H and O–H groups in total. The summed E-state index contributed by atoms with van der Waals surface area (Å²) in [7, 11) is 0. The predicted molar refractivity (Wildman–Crippen MR) is 215 cm³/mol. The monoisotopic (exact) mass is 810 g/mol. The standard InChI is InChI=1S/C23H27.C22H25.C2H6Si.2ClH.Zr/c1-14-12-20-16(3)15(2)17(4)22(21(20)13-14)18-8-10-19(11-9-18)23(5,6)7;1-15(2)18-13-17-7-6-8-20(21(17)14-18)16-9-11-19(12-10-16)22(3,4)5;1-3-2;;;/h8-13H,1-7H3;6-15H,1-5H3;1-2H3;2*1H;/q;;;;;+2/p-2. The van der Waals surface area contributed by atoms with E-state index in [1.165, 1.54) is 55.6 Å². The van der Waals surface area contributed by atoms with Crippen LogP contribution in [-0.2, 0) is 31.2 Å². The largest absolute Gasteiger partial charge is 1.00 e. The Labute approximate surface area is 330 Å². The first-order valence-corrected chi connectivity index (χ1v) is 27.5. The molecule has 0 fully saturated rings. The van der Waals surface area contributed by atoms with Crippen LogP contribution in [0.4, 0.5) is 0 Å². The van der Waals surface area contributed by atoms with Gasteiger partial charge in [0.1, 0.15) is 0 Å². The molecule has 2 atom stereocenters. The van der Waals surface area contributed by atoms with Gasteiger partial charge in [0.05, 0.1) is 0 Å². The molecule has 51 heavy (non-hydrogen) atoms. The molecule has 6 rings (SSSR count). The normalized spacial score (nSPS) is 16.4. The van der Waals surface area contributed by atoms with Crippen LogP contribution in [0, 0.1) is 26.7 Å². The van der Waals surface area contributed by atoms with Crippen LogP contribution >= 0.6 is 0 Å². The molecule has 4 aromatic rings. The zero-order valence-electron chi connectivity index (χ0n) is 33.5. The first kappa shape index (κ1) is 41.8. The molecule has 0 nitrogen and oxygen atoms in total. The van der Waals surface area contributed by atoms with Crippen LogP contribution in [0.1, 0.15) is 120 Å². The number of benzene rings is 4. The average Bonchev–Trinajstić information content (AvgIpc) is 3.58. The number of halogens is 2. The van der Waals surface area contributed by atoms with Gasteiger partial charge >= 0.3 is 308 Å². The molecule has 0 bridgehead atoms. The maximum atomic E-state index is 2.66. The molecule has 0 aromatic heterocycles. The maximum absolute atomic E-state index is 2.66. The topological polar surface area (TPSA) is 0 Å². The predicted octanol–water partition coefficient (Wildman–Crippen LogP) is 7.67. The second-order valence-electron chi connectivity index (χ2n) is 17.5. The SMILES string of the molecule is CC1=Cc2c(-c3ccc(C(C)(C)C)cc3)c(C)c(C)c(C)c2[CH]1[Zr+2]([CH]1C(C(C)C)=Cc2c(-c3ccc(C(C)(C)C)cc3)cccc21)=[Si](C)C.[Cl-].[Cl-]. The molecule has 2 unspecified atom stereocenters. The molecule has 268 valence electrons. The Hall–Kier alpha value is -1.96. The molecule has 2 aliphatic rings. The maximum Gasteiger partial charge on any atom is -1.00 e. The molecule has 0 saturated carbocycles. The Morgan fingerprint density at radius 3 is 1.63 bits per heavy atom. The van der Waals surface area contributed by atoms with Gasteiger partial charge in [-0.25, -0.2) is 0 Å². The van der Waals surface area contributed by atoms with E-state index >= 15 is 0 Å². The molecule has 0 amide bonds. The van der Waals surface area contributed by atoms with Crippen LogP contribution in [0.15, 0.2) is 77.9 Å². The quantitative estimate of drug-likeness (QED) is 0.182. The van der Waals surface area contributed by atoms with Gasteiger partial charge in [0.2, 0.25) is 0 Å². The molecule has 0 saturated heterocycles. The Balaban J connectivity index is 0.00000292. The van der Waals surface area contributed by atoms with Crippen LogP contribution in [-0.4, -0.2) is 5.43 Å². The van der Waals surface area contributed by atoms with E-state index in [4.69, 9.17) is 0 Å². The minimum atomic E-state index is -2.28. The molecule has 0 radical (unpaired) electrons. The summed E-state index contributed by atoms with van der Waals surface area (Å²) < 4.78 is 1.23. The van der Waals surface area contributed by atoms with Gasteiger partial charge in [-0.2, -0.15) is 0 Å². The zero-order valence-corrected chi connectivity index (χ0v) is 38.5. The van der Waals surface area contributed by atoms with E-state index in [1.54, 1.807) is 27.8 Å². The Morgan fingerprint density at radius 1 is 0.608 bits per heavy atom. The van der Waals surface area contributed by atoms with Crippen molar-refractivity contribution < 1.29 is 45.2 Å². The van der Waals surface area contributed by atoms with Crippen molar-refractivity contribution in [3.8, 4) is 22.3 Å². The van der Waals surface area contributed by atoms with E-state index in [2.05, 4.69) is 175 Å². The van der Waals surface area contributed by atoms with Crippen molar-refractivity contribution in [3.63, 3.8) is 0 Å². The van der Waals surface area contributed by atoms with E-state index in [0.29, 0.717) is 13.2 Å². The molecule has 4 aromatic carbocycles. The number of hydrogen-bond donors (Lipinski definition) is 0. The first-order valence-electron chi connectivity index (χ1n) is 18.5. The van der Waals surface area contributed by atoms with E-state index in [-0.39, 0.29) is 35.6 Å². The van der Waals surface area contributed by atoms with Crippen LogP contribution in [0.5, 0.6) is 0 Å². The van der Waals surface area contributed by atoms with E-state index in [0.717, 1.165) is 0 Å². The van der Waals surface area contributed by atoms with Crippen molar-refractivity contribution in [2.45, 2.75) is 114 Å². The zero-order chi connectivity index (χ0) is 35.7. The number of fused-ring (bicyclic) bond motifs is 2. The number of hydrogen-bond acceptors (Lipinski definition) is 0. The third-order valence-corrected chi connectivity index (χ3v) is 31.2. The summed E-state index contributed by atoms with van der Waals surface area (Å²) >= 11 is -2.28. The first-order chi connectivity index (χ1) is 22.9. The second-order valence-corrected chi connectivity index (χ2v) is 35.4. The molecule has 4 heteroatoms. The van der Waals surface area contributed by atoms with Crippen molar-refractivity contribution in [2.75, 3.05) is 0 Å². The minimum absolute atomic E-state index is 0. The van der Waals surface area contributed by atoms with Crippen molar-refractivity contribution in [3.05, 3.63) is 128 Å². The Bertz CT molecular complexity index is 2040. The Kier molecular flexibility index (Phi) is 12.6. The van der Waals surface area contributed by atoms with Gasteiger partial charge in [-0.3, -0.25) is 0 Å². The van der Waals surface area contributed by atoms with E-state index < -0.39 is 25.8 Å². The summed E-state index contributed by atoms with van der Waals surface area (Å²) in [6.45, 7) is 33.7. The molecule has 0 aliphatic heterocycles. The van der Waals surface area contributed by atoms with Gasteiger partial charge in [0.15, 0.2) is 0 Å². The van der Waals surface area contributed by atoms with Crippen molar-refractivity contribution in [1.82, 2.24) is 0 Å².